The molecule has 3 aromatic rings. The number of fused-ring (bicyclic) bond motifs is 1. The van der Waals surface area contributed by atoms with E-state index < -0.39 is 17.7 Å². The molecular weight excluding hydrogens is 372 g/mol. The van der Waals surface area contributed by atoms with Crippen molar-refractivity contribution in [1.29, 1.82) is 0 Å². The number of methoxy groups -OCH3 is 1. The number of nitrogens with zero attached hydrogens (tertiary/aromatic N) is 1. The molecule has 1 N–H and O–H groups in total. The third kappa shape index (κ3) is 3.83. The molecule has 4 rings (SSSR count). The standard InChI is InChI=1S/C22H24N2O5/c1-22(28-11-12-29-22)13-20(24(25)26)21(15-7-9-16(27-2)10-8-15)18-14-23-19-6-4-3-5-17(18)19/h3-10,14,20-21,23H,11-13H2,1-2H3. The number of H-pyrrole nitrogens is 1. The molecule has 0 spiro atoms. The van der Waals surface area contributed by atoms with Gasteiger partial charge in [-0.1, -0.05) is 30.3 Å². The zero-order chi connectivity index (χ0) is 20.4. The van der Waals surface area contributed by atoms with Gasteiger partial charge in [0.1, 0.15) is 5.75 Å². The summed E-state index contributed by atoms with van der Waals surface area (Å²) in [6, 6.07) is 14.4. The molecule has 152 valence electrons. The molecule has 1 aliphatic rings. The lowest BCUT2D eigenvalue weighted by atomic mass is 9.82. The van der Waals surface area contributed by atoms with Crippen LogP contribution in [0.25, 0.3) is 10.9 Å². The Bertz CT molecular complexity index is 992. The first kappa shape index (κ1) is 19.4. The van der Waals surface area contributed by atoms with E-state index in [4.69, 9.17) is 14.2 Å². The molecule has 1 aliphatic heterocycles. The van der Waals surface area contributed by atoms with Crippen LogP contribution in [0.2, 0.25) is 0 Å². The van der Waals surface area contributed by atoms with E-state index in [1.54, 1.807) is 14.0 Å². The fourth-order valence-electron chi connectivity index (χ4n) is 4.14. The third-order valence-corrected chi connectivity index (χ3v) is 5.56. The van der Waals surface area contributed by atoms with Crippen LogP contribution in [0, 0.1) is 10.1 Å². The minimum Gasteiger partial charge on any atom is -0.497 e. The molecule has 0 amide bonds. The van der Waals surface area contributed by atoms with E-state index in [0.29, 0.717) is 19.0 Å². The average molecular weight is 396 g/mol. The summed E-state index contributed by atoms with van der Waals surface area (Å²) in [7, 11) is 1.60. The maximum absolute atomic E-state index is 12.3. The number of hydrogen-bond donors (Lipinski definition) is 1. The highest BCUT2D eigenvalue weighted by Gasteiger charge is 2.44. The Kier molecular flexibility index (Phi) is 5.25. The van der Waals surface area contributed by atoms with Gasteiger partial charge in [0, 0.05) is 22.0 Å². The highest BCUT2D eigenvalue weighted by Crippen LogP contribution is 2.39. The Morgan fingerprint density at radius 3 is 2.52 bits per heavy atom. The molecule has 29 heavy (non-hydrogen) atoms. The van der Waals surface area contributed by atoms with Gasteiger partial charge in [0.2, 0.25) is 6.04 Å². The van der Waals surface area contributed by atoms with Gasteiger partial charge in [-0.3, -0.25) is 10.1 Å². The highest BCUT2D eigenvalue weighted by molar-refractivity contribution is 5.84. The lowest BCUT2D eigenvalue weighted by Gasteiger charge is -2.28. The maximum atomic E-state index is 12.3. The molecule has 0 saturated carbocycles. The summed E-state index contributed by atoms with van der Waals surface area (Å²) in [5.41, 5.74) is 2.68. The normalized spacial score (nSPS) is 17.9. The number of ether oxygens (including phenoxy) is 3. The molecule has 0 aliphatic carbocycles. The summed E-state index contributed by atoms with van der Waals surface area (Å²) in [6.45, 7) is 2.67. The summed E-state index contributed by atoms with van der Waals surface area (Å²) in [4.78, 5) is 15.3. The SMILES string of the molecule is COc1ccc(C(c2c[nH]c3ccccc23)C(CC2(C)OCCO2)[N+](=O)[O-])cc1. The molecule has 1 saturated heterocycles. The van der Waals surface area contributed by atoms with E-state index in [9.17, 15) is 10.1 Å². The number of nitro groups is 1. The van der Waals surface area contributed by atoms with Gasteiger partial charge in [-0.15, -0.1) is 0 Å². The number of aromatic nitrogens is 1. The maximum Gasteiger partial charge on any atom is 0.229 e. The first-order chi connectivity index (χ1) is 14.0. The first-order valence-corrected chi connectivity index (χ1v) is 9.62. The second kappa shape index (κ2) is 7.85. The number of rotatable bonds is 7. The van der Waals surface area contributed by atoms with Crippen molar-refractivity contribution in [2.45, 2.75) is 31.1 Å². The number of hydrogen-bond acceptors (Lipinski definition) is 5. The minimum absolute atomic E-state index is 0.149. The Labute approximate surface area is 168 Å². The van der Waals surface area contributed by atoms with Crippen LogP contribution in [0.15, 0.2) is 54.7 Å². The largest absolute Gasteiger partial charge is 0.497 e. The van der Waals surface area contributed by atoms with E-state index in [2.05, 4.69) is 4.98 Å². The van der Waals surface area contributed by atoms with E-state index in [1.807, 2.05) is 54.7 Å². The predicted molar refractivity (Wildman–Crippen MR) is 109 cm³/mol. The molecule has 2 heterocycles. The summed E-state index contributed by atoms with van der Waals surface area (Å²) in [6.07, 6.45) is 2.02. The minimum atomic E-state index is -0.964. The van der Waals surface area contributed by atoms with Crippen LogP contribution in [-0.4, -0.2) is 42.1 Å². The molecule has 7 heteroatoms. The molecule has 1 aromatic heterocycles. The zero-order valence-electron chi connectivity index (χ0n) is 16.5. The second-order valence-corrected chi connectivity index (χ2v) is 7.43. The van der Waals surface area contributed by atoms with Crippen molar-refractivity contribution in [3.05, 3.63) is 76.0 Å². The van der Waals surface area contributed by atoms with Crippen molar-refractivity contribution in [2.75, 3.05) is 20.3 Å². The van der Waals surface area contributed by atoms with Gasteiger partial charge >= 0.3 is 0 Å². The summed E-state index contributed by atoms with van der Waals surface area (Å²) >= 11 is 0. The third-order valence-electron chi connectivity index (χ3n) is 5.56. The van der Waals surface area contributed by atoms with Crippen molar-refractivity contribution >= 4 is 10.9 Å². The number of aromatic amines is 1. The van der Waals surface area contributed by atoms with Crippen molar-refractivity contribution in [3.63, 3.8) is 0 Å². The molecule has 2 unspecified atom stereocenters. The Hall–Kier alpha value is -2.90. The lowest BCUT2D eigenvalue weighted by Crippen LogP contribution is -2.38. The van der Waals surface area contributed by atoms with Gasteiger partial charge in [-0.25, -0.2) is 0 Å². The average Bonchev–Trinajstić information content (AvgIpc) is 3.35. The van der Waals surface area contributed by atoms with Gasteiger partial charge < -0.3 is 19.2 Å². The van der Waals surface area contributed by atoms with Crippen LogP contribution in [-0.2, 0) is 9.47 Å². The Balaban J connectivity index is 1.82. The Morgan fingerprint density at radius 1 is 1.17 bits per heavy atom. The first-order valence-electron chi connectivity index (χ1n) is 9.62. The molecule has 2 aromatic carbocycles. The van der Waals surface area contributed by atoms with E-state index in [-0.39, 0.29) is 11.3 Å². The molecular formula is C22H24N2O5. The van der Waals surface area contributed by atoms with Crippen LogP contribution >= 0.6 is 0 Å². The number of nitrogens with one attached hydrogen (secondary N) is 1. The quantitative estimate of drug-likeness (QED) is 0.480. The van der Waals surface area contributed by atoms with Crippen molar-refractivity contribution < 1.29 is 19.1 Å². The smallest absolute Gasteiger partial charge is 0.229 e. The molecule has 2 atom stereocenters. The fraction of sp³-hybridized carbons (Fsp3) is 0.364. The molecule has 0 radical (unpaired) electrons. The van der Waals surface area contributed by atoms with Crippen LogP contribution in [0.4, 0.5) is 0 Å². The van der Waals surface area contributed by atoms with Crippen molar-refractivity contribution in [3.8, 4) is 5.75 Å². The van der Waals surface area contributed by atoms with E-state index in [1.165, 1.54) is 0 Å². The van der Waals surface area contributed by atoms with Crippen molar-refractivity contribution in [1.82, 2.24) is 4.98 Å². The highest BCUT2D eigenvalue weighted by atomic mass is 16.7. The second-order valence-electron chi connectivity index (χ2n) is 7.43. The fourth-order valence-corrected chi connectivity index (χ4v) is 4.14. The van der Waals surface area contributed by atoms with Crippen LogP contribution < -0.4 is 4.74 Å². The van der Waals surface area contributed by atoms with E-state index >= 15 is 0 Å². The number of benzene rings is 2. The zero-order valence-corrected chi connectivity index (χ0v) is 16.5. The lowest BCUT2D eigenvalue weighted by molar-refractivity contribution is -0.532. The van der Waals surface area contributed by atoms with Gasteiger partial charge in [0.25, 0.3) is 0 Å². The van der Waals surface area contributed by atoms with Gasteiger partial charge in [0.05, 0.1) is 32.7 Å². The Morgan fingerprint density at radius 2 is 1.86 bits per heavy atom. The monoisotopic (exact) mass is 396 g/mol. The topological polar surface area (TPSA) is 86.6 Å². The van der Waals surface area contributed by atoms with Gasteiger partial charge in [-0.05, 0) is 36.2 Å². The van der Waals surface area contributed by atoms with Crippen LogP contribution in [0.1, 0.15) is 30.4 Å². The molecule has 1 fully saturated rings. The van der Waals surface area contributed by atoms with Gasteiger partial charge in [-0.2, -0.15) is 0 Å². The van der Waals surface area contributed by atoms with Crippen LogP contribution in [0.5, 0.6) is 5.75 Å². The number of para-hydroxylation sites is 1. The summed E-state index contributed by atoms with van der Waals surface area (Å²) in [5, 5.41) is 13.2. The molecule has 7 nitrogen and oxygen atoms in total. The summed E-state index contributed by atoms with van der Waals surface area (Å²) < 4.78 is 16.6. The molecule has 0 bridgehead atoms. The van der Waals surface area contributed by atoms with Crippen molar-refractivity contribution in [2.24, 2.45) is 0 Å². The van der Waals surface area contributed by atoms with Crippen LogP contribution in [0.3, 0.4) is 0 Å². The van der Waals surface area contributed by atoms with Gasteiger partial charge in [0.15, 0.2) is 5.79 Å². The predicted octanol–water partition coefficient (Wildman–Crippen LogP) is 4.11. The van der Waals surface area contributed by atoms with E-state index in [0.717, 1.165) is 22.0 Å². The summed E-state index contributed by atoms with van der Waals surface area (Å²) in [5.74, 6) is -0.732.